The predicted octanol–water partition coefficient (Wildman–Crippen LogP) is 2.76. The molecule has 0 aliphatic heterocycles. The second-order valence-corrected chi connectivity index (χ2v) is 5.58. The maximum Gasteiger partial charge on any atom is 0.251 e. The summed E-state index contributed by atoms with van der Waals surface area (Å²) in [7, 11) is 0. The third kappa shape index (κ3) is 3.25. The van der Waals surface area contributed by atoms with E-state index in [0.29, 0.717) is 12.1 Å². The Morgan fingerprint density at radius 3 is 2.68 bits per heavy atom. The van der Waals surface area contributed by atoms with Gasteiger partial charge in [-0.3, -0.25) is 4.79 Å². The van der Waals surface area contributed by atoms with E-state index < -0.39 is 5.82 Å². The van der Waals surface area contributed by atoms with E-state index in [4.69, 9.17) is 11.6 Å². The van der Waals surface area contributed by atoms with Gasteiger partial charge < -0.3 is 10.4 Å². The Morgan fingerprint density at radius 2 is 2.11 bits per heavy atom. The quantitative estimate of drug-likeness (QED) is 0.894. The van der Waals surface area contributed by atoms with Crippen LogP contribution >= 0.6 is 11.6 Å². The van der Waals surface area contributed by atoms with E-state index in [1.165, 1.54) is 18.2 Å². The minimum absolute atomic E-state index is 0.0645. The van der Waals surface area contributed by atoms with Gasteiger partial charge in [0, 0.05) is 17.5 Å². The number of hydrogen-bond acceptors (Lipinski definition) is 2. The van der Waals surface area contributed by atoms with Crippen molar-refractivity contribution in [1.82, 2.24) is 5.32 Å². The SMILES string of the molecule is O=C(NCC1(CO)CCCC1)c1ccc(F)c(Cl)c1. The first-order valence-corrected chi connectivity index (χ1v) is 6.78. The molecule has 1 aliphatic carbocycles. The van der Waals surface area contributed by atoms with Crippen molar-refractivity contribution in [2.75, 3.05) is 13.2 Å². The average Bonchev–Trinajstić information content (AvgIpc) is 2.89. The highest BCUT2D eigenvalue weighted by atomic mass is 35.5. The zero-order valence-electron chi connectivity index (χ0n) is 10.6. The molecular formula is C14H17ClFNO2. The number of benzene rings is 1. The van der Waals surface area contributed by atoms with Crippen LogP contribution < -0.4 is 5.32 Å². The van der Waals surface area contributed by atoms with Crippen molar-refractivity contribution in [3.05, 3.63) is 34.6 Å². The molecule has 0 bridgehead atoms. The van der Waals surface area contributed by atoms with Crippen molar-refractivity contribution in [3.63, 3.8) is 0 Å². The monoisotopic (exact) mass is 285 g/mol. The van der Waals surface area contributed by atoms with E-state index in [9.17, 15) is 14.3 Å². The molecular weight excluding hydrogens is 269 g/mol. The first-order chi connectivity index (χ1) is 9.06. The van der Waals surface area contributed by atoms with Gasteiger partial charge in [-0.05, 0) is 31.0 Å². The molecule has 5 heteroatoms. The highest BCUT2D eigenvalue weighted by molar-refractivity contribution is 6.31. The van der Waals surface area contributed by atoms with Crippen LogP contribution in [0.25, 0.3) is 0 Å². The fourth-order valence-corrected chi connectivity index (χ4v) is 2.70. The number of carbonyl (C=O) groups excluding carboxylic acids is 1. The van der Waals surface area contributed by atoms with Crippen molar-refractivity contribution in [3.8, 4) is 0 Å². The Kier molecular flexibility index (Phi) is 4.42. The van der Waals surface area contributed by atoms with Crippen LogP contribution in [0, 0.1) is 11.2 Å². The van der Waals surface area contributed by atoms with Gasteiger partial charge in [-0.25, -0.2) is 4.39 Å². The summed E-state index contributed by atoms with van der Waals surface area (Å²) in [6, 6.07) is 3.89. The molecule has 0 saturated heterocycles. The standard InChI is InChI=1S/C14H17ClFNO2/c15-11-7-10(3-4-12(11)16)13(19)17-8-14(9-18)5-1-2-6-14/h3-4,7,18H,1-2,5-6,8-9H2,(H,17,19). The minimum atomic E-state index is -0.541. The summed E-state index contributed by atoms with van der Waals surface area (Å²) in [6.07, 6.45) is 4.01. The maximum atomic E-state index is 13.0. The predicted molar refractivity (Wildman–Crippen MR) is 71.7 cm³/mol. The van der Waals surface area contributed by atoms with Crippen LogP contribution in [0.3, 0.4) is 0 Å². The van der Waals surface area contributed by atoms with Crippen LogP contribution in [-0.2, 0) is 0 Å². The topological polar surface area (TPSA) is 49.3 Å². The molecule has 1 saturated carbocycles. The summed E-state index contributed by atoms with van der Waals surface area (Å²) in [5.41, 5.74) is 0.136. The highest BCUT2D eigenvalue weighted by Gasteiger charge is 2.33. The van der Waals surface area contributed by atoms with Crippen LogP contribution in [0.5, 0.6) is 0 Å². The first kappa shape index (κ1) is 14.3. The number of rotatable bonds is 4. The van der Waals surface area contributed by atoms with E-state index in [1.807, 2.05) is 0 Å². The smallest absolute Gasteiger partial charge is 0.251 e. The Labute approximate surface area is 116 Å². The van der Waals surface area contributed by atoms with E-state index in [1.54, 1.807) is 0 Å². The molecule has 0 atom stereocenters. The molecule has 1 amide bonds. The summed E-state index contributed by atoms with van der Waals surface area (Å²) in [4.78, 5) is 11.9. The van der Waals surface area contributed by atoms with Crippen molar-refractivity contribution in [1.29, 1.82) is 0 Å². The van der Waals surface area contributed by atoms with Crippen LogP contribution in [0.1, 0.15) is 36.0 Å². The van der Waals surface area contributed by atoms with Crippen molar-refractivity contribution >= 4 is 17.5 Å². The van der Waals surface area contributed by atoms with E-state index in [0.717, 1.165) is 25.7 Å². The summed E-state index contributed by atoms with van der Waals surface area (Å²) >= 11 is 5.64. The van der Waals surface area contributed by atoms with Crippen LogP contribution in [0.15, 0.2) is 18.2 Å². The molecule has 0 radical (unpaired) electrons. The zero-order chi connectivity index (χ0) is 13.9. The van der Waals surface area contributed by atoms with Crippen LogP contribution in [0.4, 0.5) is 4.39 Å². The van der Waals surface area contributed by atoms with E-state index in [-0.39, 0.29) is 23.0 Å². The third-order valence-corrected chi connectivity index (χ3v) is 4.10. The number of aliphatic hydroxyl groups excluding tert-OH is 1. The average molecular weight is 286 g/mol. The molecule has 1 aromatic carbocycles. The maximum absolute atomic E-state index is 13.0. The summed E-state index contributed by atoms with van der Waals surface area (Å²) in [5.74, 6) is -0.831. The van der Waals surface area contributed by atoms with Crippen molar-refractivity contribution < 1.29 is 14.3 Å². The molecule has 19 heavy (non-hydrogen) atoms. The molecule has 0 aromatic heterocycles. The van der Waals surface area contributed by atoms with Crippen molar-refractivity contribution in [2.45, 2.75) is 25.7 Å². The Hall–Kier alpha value is -1.13. The highest BCUT2D eigenvalue weighted by Crippen LogP contribution is 2.36. The lowest BCUT2D eigenvalue weighted by Gasteiger charge is -2.26. The van der Waals surface area contributed by atoms with Gasteiger partial charge in [-0.1, -0.05) is 24.4 Å². The summed E-state index contributed by atoms with van der Waals surface area (Å²) in [6.45, 7) is 0.523. The number of nitrogens with one attached hydrogen (secondary N) is 1. The fraction of sp³-hybridized carbons (Fsp3) is 0.500. The number of hydrogen-bond donors (Lipinski definition) is 2. The molecule has 0 unspecified atom stereocenters. The van der Waals surface area contributed by atoms with Crippen LogP contribution in [0.2, 0.25) is 5.02 Å². The molecule has 1 aromatic rings. The lowest BCUT2D eigenvalue weighted by molar-refractivity contribution is 0.0880. The Bertz CT molecular complexity index is 473. The van der Waals surface area contributed by atoms with Gasteiger partial charge in [0.25, 0.3) is 5.91 Å². The summed E-state index contributed by atoms with van der Waals surface area (Å²) < 4.78 is 13.0. The molecule has 0 heterocycles. The van der Waals surface area contributed by atoms with E-state index >= 15 is 0 Å². The van der Waals surface area contributed by atoms with E-state index in [2.05, 4.69) is 5.32 Å². The fourth-order valence-electron chi connectivity index (χ4n) is 2.52. The van der Waals surface area contributed by atoms with Gasteiger partial charge in [0.1, 0.15) is 5.82 Å². The summed E-state index contributed by atoms with van der Waals surface area (Å²) in [5, 5.41) is 12.2. The molecule has 2 N–H and O–H groups in total. The lowest BCUT2D eigenvalue weighted by Crippen LogP contribution is -2.38. The second kappa shape index (κ2) is 5.88. The van der Waals surface area contributed by atoms with Gasteiger partial charge >= 0.3 is 0 Å². The molecule has 0 spiro atoms. The second-order valence-electron chi connectivity index (χ2n) is 5.18. The third-order valence-electron chi connectivity index (χ3n) is 3.81. The molecule has 1 aliphatic rings. The van der Waals surface area contributed by atoms with Gasteiger partial charge in [0.2, 0.25) is 0 Å². The Morgan fingerprint density at radius 1 is 1.42 bits per heavy atom. The number of halogens is 2. The molecule has 3 nitrogen and oxygen atoms in total. The normalized spacial score (nSPS) is 17.4. The van der Waals surface area contributed by atoms with Gasteiger partial charge in [0.05, 0.1) is 11.6 Å². The van der Waals surface area contributed by atoms with Gasteiger partial charge in [-0.15, -0.1) is 0 Å². The largest absolute Gasteiger partial charge is 0.396 e. The molecule has 2 rings (SSSR count). The first-order valence-electron chi connectivity index (χ1n) is 6.40. The molecule has 1 fully saturated rings. The molecule has 104 valence electrons. The van der Waals surface area contributed by atoms with Crippen molar-refractivity contribution in [2.24, 2.45) is 5.41 Å². The minimum Gasteiger partial charge on any atom is -0.396 e. The lowest BCUT2D eigenvalue weighted by atomic mass is 9.87. The number of aliphatic hydroxyl groups is 1. The number of carbonyl (C=O) groups is 1. The van der Waals surface area contributed by atoms with Crippen LogP contribution in [-0.4, -0.2) is 24.2 Å². The van der Waals surface area contributed by atoms with Gasteiger partial charge in [0.15, 0.2) is 0 Å². The van der Waals surface area contributed by atoms with Gasteiger partial charge in [-0.2, -0.15) is 0 Å². The Balaban J connectivity index is 1.99. The zero-order valence-corrected chi connectivity index (χ0v) is 11.3. The number of amides is 1.